The van der Waals surface area contributed by atoms with Crippen molar-refractivity contribution in [2.75, 3.05) is 12.4 Å². The molecular formula is C11H16N4O5S. The van der Waals surface area contributed by atoms with E-state index >= 15 is 0 Å². The van der Waals surface area contributed by atoms with Gasteiger partial charge in [0, 0.05) is 5.75 Å². The molecule has 0 aliphatic heterocycles. The highest BCUT2D eigenvalue weighted by atomic mass is 32.1. The van der Waals surface area contributed by atoms with Crippen LogP contribution in [0.4, 0.5) is 5.69 Å². The summed E-state index contributed by atoms with van der Waals surface area (Å²) < 4.78 is 5.95. The fraction of sp³-hybridized carbons (Fsp3) is 0.545. The van der Waals surface area contributed by atoms with Crippen molar-refractivity contribution >= 4 is 30.2 Å². The van der Waals surface area contributed by atoms with Crippen molar-refractivity contribution in [3.63, 3.8) is 0 Å². The Morgan fingerprint density at radius 2 is 2.29 bits per heavy atom. The molecule has 0 aromatic carbocycles. The zero-order valence-corrected chi connectivity index (χ0v) is 12.4. The number of nitro groups is 1. The number of ether oxygens (including phenoxy) is 1. The Morgan fingerprint density at radius 1 is 1.62 bits per heavy atom. The van der Waals surface area contributed by atoms with E-state index in [0.717, 1.165) is 17.1 Å². The molecule has 0 radical (unpaired) electrons. The first kappa shape index (κ1) is 17.0. The third-order valence-electron chi connectivity index (χ3n) is 2.65. The average molecular weight is 316 g/mol. The highest BCUT2D eigenvalue weighted by Gasteiger charge is 2.25. The highest BCUT2D eigenvalue weighted by molar-refractivity contribution is 7.80. The van der Waals surface area contributed by atoms with Crippen molar-refractivity contribution in [3.8, 4) is 0 Å². The minimum Gasteiger partial charge on any atom is -0.464 e. The fourth-order valence-electron chi connectivity index (χ4n) is 1.47. The largest absolute Gasteiger partial charge is 0.464 e. The fourth-order valence-corrected chi connectivity index (χ4v) is 1.71. The van der Waals surface area contributed by atoms with E-state index in [1.54, 1.807) is 6.92 Å². The monoisotopic (exact) mass is 316 g/mol. The molecule has 1 rings (SSSR count). The molecule has 0 saturated heterocycles. The summed E-state index contributed by atoms with van der Waals surface area (Å²) in [4.78, 5) is 33.5. The van der Waals surface area contributed by atoms with Crippen LogP contribution in [0.5, 0.6) is 0 Å². The number of hydrogen-bond acceptors (Lipinski definition) is 7. The van der Waals surface area contributed by atoms with Crippen LogP contribution in [0.2, 0.25) is 0 Å². The summed E-state index contributed by atoms with van der Waals surface area (Å²) in [6, 6.07) is -1.69. The van der Waals surface area contributed by atoms with Gasteiger partial charge in [0.1, 0.15) is 24.5 Å². The zero-order chi connectivity index (χ0) is 16.0. The number of carbonyl (C=O) groups is 2. The molecule has 1 aromatic heterocycles. The van der Waals surface area contributed by atoms with Gasteiger partial charge in [-0.3, -0.25) is 19.6 Å². The Labute approximate surface area is 126 Å². The quantitative estimate of drug-likeness (QED) is 0.324. The number of carbonyl (C=O) groups excluding carboxylic acids is 2. The van der Waals surface area contributed by atoms with E-state index in [1.807, 2.05) is 0 Å². The summed E-state index contributed by atoms with van der Waals surface area (Å²) in [6.45, 7) is 3.35. The molecule has 10 heteroatoms. The van der Waals surface area contributed by atoms with Gasteiger partial charge in [-0.15, -0.1) is 0 Å². The van der Waals surface area contributed by atoms with E-state index < -0.39 is 28.9 Å². The van der Waals surface area contributed by atoms with Crippen LogP contribution in [0, 0.1) is 10.1 Å². The van der Waals surface area contributed by atoms with E-state index in [1.165, 1.54) is 6.92 Å². The number of esters is 1. The van der Waals surface area contributed by atoms with Crippen molar-refractivity contribution in [1.82, 2.24) is 15.1 Å². The van der Waals surface area contributed by atoms with Gasteiger partial charge >= 0.3 is 11.7 Å². The maximum absolute atomic E-state index is 12.0. The van der Waals surface area contributed by atoms with Gasteiger partial charge in [-0.05, 0) is 13.8 Å². The summed E-state index contributed by atoms with van der Waals surface area (Å²) in [5, 5.41) is 16.8. The van der Waals surface area contributed by atoms with Crippen LogP contribution in [-0.4, -0.2) is 45.0 Å². The second kappa shape index (κ2) is 7.62. The van der Waals surface area contributed by atoms with Crippen LogP contribution >= 0.6 is 12.6 Å². The predicted molar refractivity (Wildman–Crippen MR) is 76.0 cm³/mol. The van der Waals surface area contributed by atoms with Crippen LogP contribution in [0.15, 0.2) is 12.4 Å². The van der Waals surface area contributed by atoms with Gasteiger partial charge in [0.25, 0.3) is 0 Å². The molecule has 21 heavy (non-hydrogen) atoms. The Kier molecular flexibility index (Phi) is 6.15. The van der Waals surface area contributed by atoms with Gasteiger partial charge in [-0.25, -0.2) is 4.79 Å². The summed E-state index contributed by atoms with van der Waals surface area (Å²) in [5.74, 6) is -1.02. The van der Waals surface area contributed by atoms with Crippen LogP contribution in [0.1, 0.15) is 19.9 Å². The molecule has 2 unspecified atom stereocenters. The van der Waals surface area contributed by atoms with Crippen LogP contribution in [0.25, 0.3) is 0 Å². The van der Waals surface area contributed by atoms with E-state index in [9.17, 15) is 19.7 Å². The number of nitrogens with one attached hydrogen (secondary N) is 1. The van der Waals surface area contributed by atoms with Crippen molar-refractivity contribution in [3.05, 3.63) is 22.5 Å². The number of rotatable bonds is 7. The molecule has 1 amide bonds. The number of amides is 1. The van der Waals surface area contributed by atoms with Crippen LogP contribution in [0.3, 0.4) is 0 Å². The molecule has 0 aliphatic rings. The number of hydrogen-bond donors (Lipinski definition) is 2. The normalized spacial score (nSPS) is 13.3. The van der Waals surface area contributed by atoms with Crippen molar-refractivity contribution in [2.45, 2.75) is 25.9 Å². The summed E-state index contributed by atoms with van der Waals surface area (Å²) in [7, 11) is 0. The molecule has 0 fully saturated rings. The molecule has 1 heterocycles. The molecule has 9 nitrogen and oxygen atoms in total. The molecular weight excluding hydrogens is 300 g/mol. The SMILES string of the molecule is CCOC(=O)C(CS)NC(=O)C(C)n1cc([N+](=O)[O-])cn1. The number of thiol groups is 1. The smallest absolute Gasteiger partial charge is 0.329 e. The van der Waals surface area contributed by atoms with E-state index in [4.69, 9.17) is 4.74 Å². The molecule has 0 bridgehead atoms. The first-order valence-corrected chi connectivity index (χ1v) is 6.80. The number of nitrogens with zero attached hydrogens (tertiary/aromatic N) is 3. The predicted octanol–water partition coefficient (Wildman–Crippen LogP) is 0.330. The lowest BCUT2D eigenvalue weighted by Crippen LogP contribution is -2.45. The lowest BCUT2D eigenvalue weighted by Gasteiger charge is -2.18. The van der Waals surface area contributed by atoms with E-state index in [0.29, 0.717) is 0 Å². The lowest BCUT2D eigenvalue weighted by atomic mass is 10.2. The third-order valence-corrected chi connectivity index (χ3v) is 3.01. The molecule has 1 aromatic rings. The maximum atomic E-state index is 12.0. The highest BCUT2D eigenvalue weighted by Crippen LogP contribution is 2.13. The summed E-state index contributed by atoms with van der Waals surface area (Å²) in [5.41, 5.74) is -0.217. The minimum absolute atomic E-state index is 0.0799. The van der Waals surface area contributed by atoms with Gasteiger partial charge in [0.2, 0.25) is 5.91 Å². The first-order chi connectivity index (χ1) is 9.90. The van der Waals surface area contributed by atoms with E-state index in [-0.39, 0.29) is 18.0 Å². The van der Waals surface area contributed by atoms with Crippen LogP contribution in [-0.2, 0) is 14.3 Å². The molecule has 1 N–H and O–H groups in total. The summed E-state index contributed by atoms with van der Waals surface area (Å²) >= 11 is 3.98. The minimum atomic E-state index is -0.881. The molecule has 0 aliphatic carbocycles. The van der Waals surface area contributed by atoms with Crippen LogP contribution < -0.4 is 5.32 Å². The molecule has 0 spiro atoms. The molecule has 116 valence electrons. The van der Waals surface area contributed by atoms with Crippen molar-refractivity contribution < 1.29 is 19.2 Å². The third kappa shape index (κ3) is 4.45. The maximum Gasteiger partial charge on any atom is 0.329 e. The zero-order valence-electron chi connectivity index (χ0n) is 11.6. The van der Waals surface area contributed by atoms with Gasteiger partial charge in [0.15, 0.2) is 0 Å². The average Bonchev–Trinajstić information content (AvgIpc) is 2.93. The van der Waals surface area contributed by atoms with Gasteiger partial charge in [0.05, 0.1) is 11.5 Å². The first-order valence-electron chi connectivity index (χ1n) is 6.17. The molecule has 0 saturated carbocycles. The second-order valence-electron chi connectivity index (χ2n) is 4.11. The van der Waals surface area contributed by atoms with Crippen molar-refractivity contribution in [2.24, 2.45) is 0 Å². The summed E-state index contributed by atoms with van der Waals surface area (Å²) in [6.07, 6.45) is 2.19. The second-order valence-corrected chi connectivity index (χ2v) is 4.47. The Balaban J connectivity index is 2.72. The van der Waals surface area contributed by atoms with Gasteiger partial charge < -0.3 is 10.1 Å². The Bertz CT molecular complexity index is 532. The topological polar surface area (TPSA) is 116 Å². The lowest BCUT2D eigenvalue weighted by molar-refractivity contribution is -0.385. The van der Waals surface area contributed by atoms with E-state index in [2.05, 4.69) is 23.0 Å². The Hall–Kier alpha value is -2.10. The standard InChI is InChI=1S/C11H16N4O5S/c1-3-20-11(17)9(6-21)13-10(16)7(2)14-5-8(4-12-14)15(18)19/h4-5,7,9,21H,3,6H2,1-2H3,(H,13,16). The van der Waals surface area contributed by atoms with Gasteiger partial charge in [-0.2, -0.15) is 17.7 Å². The Morgan fingerprint density at radius 3 is 2.76 bits per heavy atom. The van der Waals surface area contributed by atoms with Gasteiger partial charge in [-0.1, -0.05) is 0 Å². The number of aromatic nitrogens is 2. The molecule has 2 atom stereocenters. The van der Waals surface area contributed by atoms with Crippen molar-refractivity contribution in [1.29, 1.82) is 0 Å².